The van der Waals surface area contributed by atoms with E-state index in [1.54, 1.807) is 6.07 Å². The minimum Gasteiger partial charge on any atom is -0.394 e. The maximum Gasteiger partial charge on any atom is 0.124 e. The van der Waals surface area contributed by atoms with Gasteiger partial charge in [0.1, 0.15) is 18.2 Å². The summed E-state index contributed by atoms with van der Waals surface area (Å²) in [5.41, 5.74) is 0.557. The van der Waals surface area contributed by atoms with Gasteiger partial charge in [-0.15, -0.1) is 0 Å². The molecule has 0 unspecified atom stereocenters. The largest absolute Gasteiger partial charge is 0.394 e. The van der Waals surface area contributed by atoms with Crippen LogP contribution >= 0.6 is 0 Å². The normalized spacial score (nSPS) is 33.8. The van der Waals surface area contributed by atoms with E-state index >= 15 is 0 Å². The maximum absolute atomic E-state index is 9.42. The number of aromatic nitrogens is 2. The van der Waals surface area contributed by atoms with Crippen LogP contribution in [0.25, 0.3) is 0 Å². The Morgan fingerprint density at radius 2 is 2.25 bits per heavy atom. The molecule has 5 nitrogen and oxygen atoms in total. The standard InChI is InChI=1S/C7H10N2O3/c10-3-5-7(12)6(11)4-1-2-8-9(4)5/h1-2,5-7,10-12H,3H2/t5-,6+,7-/m1/s1. The quantitative estimate of drug-likeness (QED) is 0.496. The van der Waals surface area contributed by atoms with Crippen molar-refractivity contribution in [2.45, 2.75) is 18.2 Å². The molecule has 0 saturated carbocycles. The van der Waals surface area contributed by atoms with Gasteiger partial charge in [-0.25, -0.2) is 0 Å². The summed E-state index contributed by atoms with van der Waals surface area (Å²) < 4.78 is 1.45. The fourth-order valence-electron chi connectivity index (χ4n) is 1.55. The Kier molecular flexibility index (Phi) is 1.64. The first kappa shape index (κ1) is 7.72. The van der Waals surface area contributed by atoms with E-state index in [2.05, 4.69) is 5.10 Å². The maximum atomic E-state index is 9.42. The Morgan fingerprint density at radius 1 is 1.50 bits per heavy atom. The fraction of sp³-hybridized carbons (Fsp3) is 0.571. The van der Waals surface area contributed by atoms with E-state index in [0.29, 0.717) is 5.69 Å². The van der Waals surface area contributed by atoms with Gasteiger partial charge in [0, 0.05) is 6.20 Å². The van der Waals surface area contributed by atoms with Gasteiger partial charge in [-0.3, -0.25) is 4.68 Å². The molecule has 1 aliphatic rings. The highest BCUT2D eigenvalue weighted by Gasteiger charge is 2.38. The van der Waals surface area contributed by atoms with E-state index in [-0.39, 0.29) is 6.61 Å². The number of hydrogen-bond acceptors (Lipinski definition) is 4. The van der Waals surface area contributed by atoms with Crippen molar-refractivity contribution in [1.82, 2.24) is 9.78 Å². The zero-order valence-corrected chi connectivity index (χ0v) is 6.33. The van der Waals surface area contributed by atoms with Crippen LogP contribution in [-0.4, -0.2) is 37.8 Å². The van der Waals surface area contributed by atoms with Gasteiger partial charge < -0.3 is 15.3 Å². The van der Waals surface area contributed by atoms with Crippen LogP contribution < -0.4 is 0 Å². The van der Waals surface area contributed by atoms with Crippen LogP contribution in [0.1, 0.15) is 17.8 Å². The molecule has 66 valence electrons. The van der Waals surface area contributed by atoms with Gasteiger partial charge in [-0.2, -0.15) is 5.10 Å². The lowest BCUT2D eigenvalue weighted by Gasteiger charge is -2.13. The van der Waals surface area contributed by atoms with Crippen LogP contribution in [0.3, 0.4) is 0 Å². The molecule has 12 heavy (non-hydrogen) atoms. The SMILES string of the molecule is OC[C@@H]1[C@@H](O)[C@@H](O)c2ccnn21. The smallest absolute Gasteiger partial charge is 0.124 e. The highest BCUT2D eigenvalue weighted by molar-refractivity contribution is 5.14. The molecule has 0 spiro atoms. The molecule has 0 saturated heterocycles. The van der Waals surface area contributed by atoms with E-state index in [4.69, 9.17) is 5.11 Å². The van der Waals surface area contributed by atoms with E-state index in [0.717, 1.165) is 0 Å². The molecular weight excluding hydrogens is 160 g/mol. The molecule has 1 aromatic rings. The molecule has 0 radical (unpaired) electrons. The van der Waals surface area contributed by atoms with Gasteiger partial charge in [0.25, 0.3) is 0 Å². The van der Waals surface area contributed by atoms with Gasteiger partial charge in [-0.05, 0) is 6.07 Å². The van der Waals surface area contributed by atoms with Crippen LogP contribution in [0, 0.1) is 0 Å². The molecule has 3 N–H and O–H groups in total. The predicted molar refractivity (Wildman–Crippen MR) is 39.3 cm³/mol. The van der Waals surface area contributed by atoms with Gasteiger partial charge >= 0.3 is 0 Å². The van der Waals surface area contributed by atoms with Gasteiger partial charge in [0.15, 0.2) is 0 Å². The number of aliphatic hydroxyl groups excluding tert-OH is 3. The predicted octanol–water partition coefficient (Wildman–Crippen LogP) is -1.18. The molecule has 3 atom stereocenters. The third kappa shape index (κ3) is 0.811. The van der Waals surface area contributed by atoms with Crippen molar-refractivity contribution in [3.05, 3.63) is 18.0 Å². The van der Waals surface area contributed by atoms with Crippen molar-refractivity contribution < 1.29 is 15.3 Å². The summed E-state index contributed by atoms with van der Waals surface area (Å²) in [4.78, 5) is 0. The van der Waals surface area contributed by atoms with Crippen LogP contribution in [0.15, 0.2) is 12.3 Å². The molecule has 1 aromatic heterocycles. The highest BCUT2D eigenvalue weighted by atomic mass is 16.3. The van der Waals surface area contributed by atoms with Crippen molar-refractivity contribution >= 4 is 0 Å². The van der Waals surface area contributed by atoms with Crippen LogP contribution in [0.4, 0.5) is 0 Å². The van der Waals surface area contributed by atoms with Gasteiger partial charge in [0.05, 0.1) is 12.3 Å². The van der Waals surface area contributed by atoms with Crippen LogP contribution in [0.2, 0.25) is 0 Å². The Hall–Kier alpha value is -0.910. The summed E-state index contributed by atoms with van der Waals surface area (Å²) in [6, 6.07) is 1.12. The number of rotatable bonds is 1. The number of aliphatic hydroxyl groups is 3. The second-order valence-electron chi connectivity index (χ2n) is 2.89. The summed E-state index contributed by atoms with van der Waals surface area (Å²) in [6.45, 7) is -0.215. The van der Waals surface area contributed by atoms with E-state index in [1.165, 1.54) is 10.9 Å². The first-order valence-corrected chi connectivity index (χ1v) is 3.76. The average Bonchev–Trinajstić information content (AvgIpc) is 2.59. The van der Waals surface area contributed by atoms with Crippen molar-refractivity contribution in [3.8, 4) is 0 Å². The van der Waals surface area contributed by atoms with E-state index in [9.17, 15) is 10.2 Å². The van der Waals surface area contributed by atoms with Crippen molar-refractivity contribution in [2.24, 2.45) is 0 Å². The Labute approximate surface area is 68.9 Å². The Morgan fingerprint density at radius 3 is 2.92 bits per heavy atom. The summed E-state index contributed by atoms with van der Waals surface area (Å²) in [5.74, 6) is 0. The van der Waals surface area contributed by atoms with E-state index in [1.807, 2.05) is 0 Å². The second-order valence-corrected chi connectivity index (χ2v) is 2.89. The number of fused-ring (bicyclic) bond motifs is 1. The molecular formula is C7H10N2O3. The van der Waals surface area contributed by atoms with Gasteiger partial charge in [0.2, 0.25) is 0 Å². The van der Waals surface area contributed by atoms with Crippen LogP contribution in [0.5, 0.6) is 0 Å². The van der Waals surface area contributed by atoms with Crippen molar-refractivity contribution in [3.63, 3.8) is 0 Å². The van der Waals surface area contributed by atoms with Crippen molar-refractivity contribution in [2.75, 3.05) is 6.61 Å². The van der Waals surface area contributed by atoms with E-state index < -0.39 is 18.2 Å². The lowest BCUT2D eigenvalue weighted by Crippen LogP contribution is -2.24. The van der Waals surface area contributed by atoms with Crippen molar-refractivity contribution in [1.29, 1.82) is 0 Å². The zero-order valence-electron chi connectivity index (χ0n) is 6.33. The lowest BCUT2D eigenvalue weighted by molar-refractivity contribution is -0.00233. The first-order valence-electron chi connectivity index (χ1n) is 3.76. The lowest BCUT2D eigenvalue weighted by atomic mass is 10.1. The fourth-order valence-corrected chi connectivity index (χ4v) is 1.55. The summed E-state index contributed by atoms with van der Waals surface area (Å²) in [6.07, 6.45) is -0.337. The molecule has 0 fully saturated rings. The highest BCUT2D eigenvalue weighted by Crippen LogP contribution is 2.32. The zero-order chi connectivity index (χ0) is 8.72. The monoisotopic (exact) mass is 170 g/mol. The average molecular weight is 170 g/mol. The summed E-state index contributed by atoms with van der Waals surface area (Å²) in [7, 11) is 0. The minimum absolute atomic E-state index is 0.215. The summed E-state index contributed by atoms with van der Waals surface area (Å²) in [5, 5.41) is 31.6. The number of nitrogens with zero attached hydrogens (tertiary/aromatic N) is 2. The van der Waals surface area contributed by atoms with Crippen LogP contribution in [-0.2, 0) is 0 Å². The molecule has 0 amide bonds. The summed E-state index contributed by atoms with van der Waals surface area (Å²) >= 11 is 0. The third-order valence-electron chi connectivity index (χ3n) is 2.22. The Balaban J connectivity index is 2.42. The molecule has 5 heteroatoms. The second kappa shape index (κ2) is 2.55. The Bertz CT molecular complexity index is 286. The molecule has 2 heterocycles. The minimum atomic E-state index is -0.946. The van der Waals surface area contributed by atoms with Gasteiger partial charge in [-0.1, -0.05) is 0 Å². The first-order chi connectivity index (χ1) is 5.75. The topological polar surface area (TPSA) is 78.5 Å². The molecule has 2 rings (SSSR count). The molecule has 0 aromatic carbocycles. The number of hydrogen-bond donors (Lipinski definition) is 3. The molecule has 0 bridgehead atoms. The third-order valence-corrected chi connectivity index (χ3v) is 2.22. The molecule has 1 aliphatic heterocycles. The molecule has 0 aliphatic carbocycles.